The number of fused-ring (bicyclic) bond motifs is 2. The van der Waals surface area contributed by atoms with E-state index in [-0.39, 0.29) is 5.41 Å². The fourth-order valence-electron chi connectivity index (χ4n) is 3.80. The van der Waals surface area contributed by atoms with Gasteiger partial charge in [-0.3, -0.25) is 4.98 Å². The average Bonchev–Trinajstić information content (AvgIpc) is 3.21. The largest absolute Gasteiger partial charge is 0.253 e. The van der Waals surface area contributed by atoms with Gasteiger partial charge in [-0.1, -0.05) is 45.0 Å². The van der Waals surface area contributed by atoms with E-state index in [9.17, 15) is 0 Å². The second-order valence-corrected chi connectivity index (χ2v) is 9.20. The van der Waals surface area contributed by atoms with Crippen molar-refractivity contribution in [2.75, 3.05) is 0 Å². The molecule has 142 valence electrons. The Morgan fingerprint density at radius 2 is 1.62 bits per heavy atom. The quantitative estimate of drug-likeness (QED) is 0.327. The maximum atomic E-state index is 4.61. The van der Waals surface area contributed by atoms with Gasteiger partial charge in [0.15, 0.2) is 0 Å². The van der Waals surface area contributed by atoms with Crippen molar-refractivity contribution in [2.24, 2.45) is 0 Å². The minimum atomic E-state index is 0.0373. The van der Waals surface area contributed by atoms with E-state index in [0.29, 0.717) is 0 Å². The Hall–Kier alpha value is -3.11. The molecule has 2 aromatic carbocycles. The lowest BCUT2D eigenvalue weighted by Crippen LogP contribution is -2.12. The first-order valence-corrected chi connectivity index (χ1v) is 10.6. The summed E-state index contributed by atoms with van der Waals surface area (Å²) in [6.45, 7) is 6.77. The highest BCUT2D eigenvalue weighted by Gasteiger charge is 2.19. The summed E-state index contributed by atoms with van der Waals surface area (Å²) in [6, 6.07) is 19.3. The first-order valence-electron chi connectivity index (χ1n) is 9.69. The van der Waals surface area contributed by atoms with E-state index in [1.807, 2.05) is 12.3 Å². The molecule has 3 heterocycles. The van der Waals surface area contributed by atoms with Crippen molar-refractivity contribution in [2.45, 2.75) is 26.2 Å². The molecule has 4 heteroatoms. The van der Waals surface area contributed by atoms with Crippen LogP contribution >= 0.6 is 11.3 Å². The first-order chi connectivity index (χ1) is 14.0. The van der Waals surface area contributed by atoms with E-state index in [4.69, 9.17) is 0 Å². The monoisotopic (exact) mass is 395 g/mol. The first kappa shape index (κ1) is 18.0. The minimum Gasteiger partial charge on any atom is -0.253 e. The van der Waals surface area contributed by atoms with E-state index in [0.717, 1.165) is 27.3 Å². The number of nitrogens with zero attached hydrogens (tertiary/aromatic N) is 3. The van der Waals surface area contributed by atoms with Gasteiger partial charge in [-0.25, -0.2) is 9.97 Å². The summed E-state index contributed by atoms with van der Waals surface area (Å²) in [5.41, 5.74) is 5.16. The van der Waals surface area contributed by atoms with Crippen LogP contribution < -0.4 is 0 Å². The van der Waals surface area contributed by atoms with Crippen LogP contribution in [0.3, 0.4) is 0 Å². The lowest BCUT2D eigenvalue weighted by Gasteiger charge is -2.22. The van der Waals surface area contributed by atoms with Gasteiger partial charge in [0.2, 0.25) is 0 Å². The molecule has 0 aliphatic heterocycles. The fraction of sp³-hybridized carbons (Fsp3) is 0.160. The Kier molecular flexibility index (Phi) is 4.18. The number of pyridine rings is 1. The maximum Gasteiger partial charge on any atom is 0.116 e. The van der Waals surface area contributed by atoms with Crippen LogP contribution in [-0.2, 0) is 5.41 Å². The summed E-state index contributed by atoms with van der Waals surface area (Å²) in [5.74, 6) is 0. The molecule has 0 aliphatic rings. The van der Waals surface area contributed by atoms with Gasteiger partial charge in [-0.15, -0.1) is 11.3 Å². The molecule has 0 unspecified atom stereocenters. The zero-order valence-corrected chi connectivity index (χ0v) is 17.5. The van der Waals surface area contributed by atoms with Crippen LogP contribution in [0.2, 0.25) is 0 Å². The second kappa shape index (κ2) is 6.75. The van der Waals surface area contributed by atoms with Crippen molar-refractivity contribution in [1.29, 1.82) is 0 Å². The van der Waals surface area contributed by atoms with Gasteiger partial charge < -0.3 is 0 Å². The standard InChI is InChI=1S/C25H21N3S/c1-25(2,3)20-13-18(12-17-6-4-5-7-19(17)20)21-14-22(28-15-27-21)23-24-16(8-10-26-23)9-11-29-24/h4-15H,1-3H3. The Labute approximate surface area is 174 Å². The minimum absolute atomic E-state index is 0.0373. The van der Waals surface area contributed by atoms with Crippen LogP contribution in [0.15, 0.2) is 72.5 Å². The molecular formula is C25H21N3S. The zero-order chi connectivity index (χ0) is 20.0. The number of rotatable bonds is 2. The Morgan fingerprint density at radius 3 is 2.48 bits per heavy atom. The van der Waals surface area contributed by atoms with Gasteiger partial charge >= 0.3 is 0 Å². The Balaban J connectivity index is 1.70. The van der Waals surface area contributed by atoms with Crippen LogP contribution in [0.25, 0.3) is 43.5 Å². The van der Waals surface area contributed by atoms with Crippen molar-refractivity contribution in [3.8, 4) is 22.6 Å². The highest BCUT2D eigenvalue weighted by Crippen LogP contribution is 2.35. The second-order valence-electron chi connectivity index (χ2n) is 8.28. The molecule has 0 fully saturated rings. The summed E-state index contributed by atoms with van der Waals surface area (Å²) >= 11 is 1.70. The lowest BCUT2D eigenvalue weighted by molar-refractivity contribution is 0.596. The molecule has 3 aromatic heterocycles. The Morgan fingerprint density at radius 1 is 0.793 bits per heavy atom. The maximum absolute atomic E-state index is 4.61. The van der Waals surface area contributed by atoms with Gasteiger partial charge in [0.05, 0.1) is 16.1 Å². The predicted molar refractivity (Wildman–Crippen MR) is 122 cm³/mol. The molecule has 0 spiro atoms. The fourth-order valence-corrected chi connectivity index (χ4v) is 4.69. The molecule has 0 saturated carbocycles. The molecular weight excluding hydrogens is 374 g/mol. The Bertz CT molecular complexity index is 1350. The van der Waals surface area contributed by atoms with E-state index < -0.39 is 0 Å². The molecule has 0 aliphatic carbocycles. The van der Waals surface area contributed by atoms with E-state index in [1.165, 1.54) is 21.7 Å². The van der Waals surface area contributed by atoms with Gasteiger partial charge in [0, 0.05) is 11.8 Å². The SMILES string of the molecule is CC(C)(C)c1cc(-c2cc(-c3nccc4ccsc34)ncn2)cc2ccccc12. The van der Waals surface area contributed by atoms with Crippen LogP contribution in [0.1, 0.15) is 26.3 Å². The summed E-state index contributed by atoms with van der Waals surface area (Å²) in [7, 11) is 0. The average molecular weight is 396 g/mol. The molecule has 5 rings (SSSR count). The van der Waals surface area contributed by atoms with Crippen LogP contribution in [-0.4, -0.2) is 15.0 Å². The van der Waals surface area contributed by atoms with Crippen molar-refractivity contribution >= 4 is 32.2 Å². The molecule has 0 N–H and O–H groups in total. The smallest absolute Gasteiger partial charge is 0.116 e. The zero-order valence-electron chi connectivity index (χ0n) is 16.7. The third-order valence-electron chi connectivity index (χ3n) is 5.24. The van der Waals surface area contributed by atoms with Crippen molar-refractivity contribution in [3.05, 3.63) is 78.1 Å². The molecule has 0 saturated heterocycles. The van der Waals surface area contributed by atoms with E-state index in [2.05, 4.69) is 89.6 Å². The van der Waals surface area contributed by atoms with Gasteiger partial charge in [0.1, 0.15) is 12.0 Å². The van der Waals surface area contributed by atoms with Crippen molar-refractivity contribution < 1.29 is 0 Å². The number of thiophene rings is 1. The van der Waals surface area contributed by atoms with Crippen molar-refractivity contribution in [3.63, 3.8) is 0 Å². The summed E-state index contributed by atoms with van der Waals surface area (Å²) in [6.07, 6.45) is 3.49. The predicted octanol–water partition coefficient (Wildman–Crippen LogP) is 6.87. The number of aromatic nitrogens is 3. The van der Waals surface area contributed by atoms with Crippen molar-refractivity contribution in [1.82, 2.24) is 15.0 Å². The van der Waals surface area contributed by atoms with Gasteiger partial charge in [-0.2, -0.15) is 0 Å². The highest BCUT2D eigenvalue weighted by molar-refractivity contribution is 7.17. The third-order valence-corrected chi connectivity index (χ3v) is 6.18. The number of hydrogen-bond donors (Lipinski definition) is 0. The molecule has 29 heavy (non-hydrogen) atoms. The van der Waals surface area contributed by atoms with Gasteiger partial charge in [0.25, 0.3) is 0 Å². The molecule has 3 nitrogen and oxygen atoms in total. The molecule has 0 atom stereocenters. The van der Waals surface area contributed by atoms with Crippen LogP contribution in [0, 0.1) is 0 Å². The molecule has 0 amide bonds. The topological polar surface area (TPSA) is 38.7 Å². The van der Waals surface area contributed by atoms with Crippen LogP contribution in [0.5, 0.6) is 0 Å². The highest BCUT2D eigenvalue weighted by atomic mass is 32.1. The van der Waals surface area contributed by atoms with E-state index >= 15 is 0 Å². The molecule has 5 aromatic rings. The number of hydrogen-bond acceptors (Lipinski definition) is 4. The third kappa shape index (κ3) is 3.19. The molecule has 0 radical (unpaired) electrons. The summed E-state index contributed by atoms with van der Waals surface area (Å²) in [5, 5.41) is 5.81. The summed E-state index contributed by atoms with van der Waals surface area (Å²) < 4.78 is 1.16. The lowest BCUT2D eigenvalue weighted by atomic mass is 9.82. The number of benzene rings is 2. The van der Waals surface area contributed by atoms with E-state index in [1.54, 1.807) is 17.7 Å². The van der Waals surface area contributed by atoms with Crippen LogP contribution in [0.4, 0.5) is 0 Å². The summed E-state index contributed by atoms with van der Waals surface area (Å²) in [4.78, 5) is 13.7. The normalized spacial score (nSPS) is 12.0. The molecule has 0 bridgehead atoms. The van der Waals surface area contributed by atoms with Gasteiger partial charge in [-0.05, 0) is 62.8 Å².